The monoisotopic (exact) mass is 542 g/mol. The van der Waals surface area contributed by atoms with Crippen LogP contribution in [0.1, 0.15) is 10.4 Å². The molecule has 12 heteroatoms. The van der Waals surface area contributed by atoms with E-state index in [-0.39, 0.29) is 48.8 Å². The summed E-state index contributed by atoms with van der Waals surface area (Å²) in [5.74, 6) is -0.249. The number of ether oxygens (including phenoxy) is 1. The highest BCUT2D eigenvalue weighted by atomic mass is 35.5. The molecule has 34 heavy (non-hydrogen) atoms. The Morgan fingerprint density at radius 1 is 1.06 bits per heavy atom. The number of nitrogens with one attached hydrogen (secondary N) is 2. The number of carbonyl (C=O) groups is 1. The van der Waals surface area contributed by atoms with Gasteiger partial charge in [-0.3, -0.25) is 9.52 Å². The summed E-state index contributed by atoms with van der Waals surface area (Å²) in [6, 6.07) is 11.8. The molecule has 0 fully saturated rings. The molecule has 0 radical (unpaired) electrons. The predicted octanol–water partition coefficient (Wildman–Crippen LogP) is 4.93. The molecule has 0 saturated carbocycles. The molecule has 2 N–H and O–H groups in total. The van der Waals surface area contributed by atoms with Crippen molar-refractivity contribution in [1.82, 2.24) is 15.2 Å². The first-order chi connectivity index (χ1) is 16.1. The summed E-state index contributed by atoms with van der Waals surface area (Å²) in [7, 11) is -0.289. The van der Waals surface area contributed by atoms with Crippen molar-refractivity contribution >= 4 is 56.4 Å². The average molecular weight is 544 g/mol. The smallest absolute Gasteiger partial charge is 0.262 e. The van der Waals surface area contributed by atoms with Gasteiger partial charge >= 0.3 is 0 Å². The number of benzene rings is 2. The molecule has 8 nitrogen and oxygen atoms in total. The number of nitrogens with zero attached hydrogens (tertiary/aromatic N) is 2. The molecule has 1 heterocycles. The standard InChI is InChI=1S/C22H21Cl3N4O4S/c1-29(2)10-9-26-21(30)16-5-3-4-6-20(16)33-22-19(11-14(23)13-27-22)28-34(31,32)15-7-8-17(24)18(25)12-15/h3-8,11-13,28H,9-10H2,1-2H3,(H,26,30). The van der Waals surface area contributed by atoms with Gasteiger partial charge in [0.25, 0.3) is 15.9 Å². The number of carbonyl (C=O) groups excluding carboxylic acids is 1. The Morgan fingerprint density at radius 3 is 2.50 bits per heavy atom. The Bertz CT molecular complexity index is 1300. The number of amides is 1. The molecule has 0 bridgehead atoms. The van der Waals surface area contributed by atoms with Crippen LogP contribution in [0, 0.1) is 0 Å². The van der Waals surface area contributed by atoms with E-state index >= 15 is 0 Å². The summed E-state index contributed by atoms with van der Waals surface area (Å²) in [6.07, 6.45) is 1.30. The van der Waals surface area contributed by atoms with Crippen molar-refractivity contribution < 1.29 is 17.9 Å². The van der Waals surface area contributed by atoms with E-state index in [1.807, 2.05) is 19.0 Å². The molecule has 0 saturated heterocycles. The predicted molar refractivity (Wildman–Crippen MR) is 134 cm³/mol. The molecular formula is C22H21Cl3N4O4S. The molecule has 0 aliphatic carbocycles. The first-order valence-corrected chi connectivity index (χ1v) is 12.5. The van der Waals surface area contributed by atoms with Crippen LogP contribution < -0.4 is 14.8 Å². The minimum Gasteiger partial charge on any atom is -0.436 e. The fraction of sp³-hybridized carbons (Fsp3) is 0.182. The number of likely N-dealkylation sites (N-methyl/N-ethyl adjacent to an activating group) is 1. The molecule has 180 valence electrons. The second-order valence-electron chi connectivity index (χ2n) is 7.35. The van der Waals surface area contributed by atoms with Gasteiger partial charge in [-0.25, -0.2) is 13.4 Å². The quantitative estimate of drug-likeness (QED) is 0.397. The largest absolute Gasteiger partial charge is 0.436 e. The highest BCUT2D eigenvalue weighted by molar-refractivity contribution is 7.92. The third-order valence-corrected chi connectivity index (χ3v) is 6.76. The lowest BCUT2D eigenvalue weighted by Crippen LogP contribution is -2.31. The lowest BCUT2D eigenvalue weighted by molar-refractivity contribution is 0.0948. The van der Waals surface area contributed by atoms with Gasteiger partial charge in [0, 0.05) is 19.3 Å². The fourth-order valence-electron chi connectivity index (χ4n) is 2.76. The normalized spacial score (nSPS) is 11.4. The van der Waals surface area contributed by atoms with Crippen LogP contribution in [0.2, 0.25) is 15.1 Å². The minimum absolute atomic E-state index is 0.0265. The maximum atomic E-state index is 12.9. The molecule has 3 rings (SSSR count). The number of hydrogen-bond acceptors (Lipinski definition) is 6. The van der Waals surface area contributed by atoms with E-state index in [1.165, 1.54) is 30.5 Å². The van der Waals surface area contributed by atoms with Gasteiger partial charge in [0.2, 0.25) is 5.88 Å². The maximum Gasteiger partial charge on any atom is 0.262 e. The Hall–Kier alpha value is -2.56. The molecule has 0 aliphatic heterocycles. The van der Waals surface area contributed by atoms with E-state index in [0.29, 0.717) is 13.1 Å². The summed E-state index contributed by atoms with van der Waals surface area (Å²) in [5.41, 5.74) is 0.234. The molecule has 3 aromatic rings. The van der Waals surface area contributed by atoms with Gasteiger partial charge in [-0.15, -0.1) is 0 Å². The number of sulfonamides is 1. The van der Waals surface area contributed by atoms with Gasteiger partial charge in [-0.05, 0) is 50.5 Å². The van der Waals surface area contributed by atoms with Crippen molar-refractivity contribution in [2.24, 2.45) is 0 Å². The highest BCUT2D eigenvalue weighted by Crippen LogP contribution is 2.33. The molecule has 0 aliphatic rings. The third-order valence-electron chi connectivity index (χ3n) is 4.45. The molecule has 1 amide bonds. The second kappa shape index (κ2) is 11.2. The summed E-state index contributed by atoms with van der Waals surface area (Å²) in [4.78, 5) is 18.6. The molecule has 1 aromatic heterocycles. The van der Waals surface area contributed by atoms with Crippen LogP contribution in [0.15, 0.2) is 59.6 Å². The van der Waals surface area contributed by atoms with Gasteiger partial charge in [0.05, 0.1) is 25.5 Å². The Kier molecular flexibility index (Phi) is 8.62. The van der Waals surface area contributed by atoms with E-state index in [0.717, 1.165) is 0 Å². The third kappa shape index (κ3) is 6.74. The number of aromatic nitrogens is 1. The van der Waals surface area contributed by atoms with Crippen LogP contribution in [0.5, 0.6) is 11.6 Å². The van der Waals surface area contributed by atoms with Crippen molar-refractivity contribution in [2.45, 2.75) is 4.90 Å². The van der Waals surface area contributed by atoms with Crippen molar-refractivity contribution in [2.75, 3.05) is 31.9 Å². The lowest BCUT2D eigenvalue weighted by atomic mass is 10.2. The highest BCUT2D eigenvalue weighted by Gasteiger charge is 2.21. The number of anilines is 1. The van der Waals surface area contributed by atoms with Crippen LogP contribution in [0.4, 0.5) is 5.69 Å². The first-order valence-electron chi connectivity index (χ1n) is 9.90. The van der Waals surface area contributed by atoms with E-state index < -0.39 is 10.0 Å². The lowest BCUT2D eigenvalue weighted by Gasteiger charge is -2.15. The van der Waals surface area contributed by atoms with Crippen molar-refractivity contribution in [3.05, 3.63) is 75.4 Å². The zero-order valence-corrected chi connectivity index (χ0v) is 21.3. The van der Waals surface area contributed by atoms with Gasteiger partial charge in [0.1, 0.15) is 11.4 Å². The second-order valence-corrected chi connectivity index (χ2v) is 10.3. The number of hydrogen-bond donors (Lipinski definition) is 2. The number of rotatable bonds is 9. The Labute approximate surface area is 212 Å². The van der Waals surface area contributed by atoms with Crippen LogP contribution in [0.3, 0.4) is 0 Å². The SMILES string of the molecule is CN(C)CCNC(=O)c1ccccc1Oc1ncc(Cl)cc1NS(=O)(=O)c1ccc(Cl)c(Cl)c1. The topological polar surface area (TPSA) is 101 Å². The van der Waals surface area contributed by atoms with Gasteiger partial charge < -0.3 is 15.0 Å². The van der Waals surface area contributed by atoms with Crippen molar-refractivity contribution in [3.63, 3.8) is 0 Å². The summed E-state index contributed by atoms with van der Waals surface area (Å²) in [5, 5.41) is 3.29. The molecule has 0 unspecified atom stereocenters. The molecular weight excluding hydrogens is 523 g/mol. The average Bonchev–Trinajstić information content (AvgIpc) is 2.77. The van der Waals surface area contributed by atoms with Crippen LogP contribution in [0.25, 0.3) is 0 Å². The van der Waals surface area contributed by atoms with Crippen molar-refractivity contribution in [3.8, 4) is 11.6 Å². The molecule has 0 spiro atoms. The van der Waals surface area contributed by atoms with Crippen LogP contribution in [-0.4, -0.2) is 51.4 Å². The number of para-hydroxylation sites is 1. The summed E-state index contributed by atoms with van der Waals surface area (Å²) in [6.45, 7) is 1.10. The van der Waals surface area contributed by atoms with Crippen LogP contribution >= 0.6 is 34.8 Å². The number of halogens is 3. The number of pyridine rings is 1. The van der Waals surface area contributed by atoms with E-state index in [2.05, 4.69) is 15.0 Å². The maximum absolute atomic E-state index is 12.9. The fourth-order valence-corrected chi connectivity index (χ4v) is 4.36. The van der Waals surface area contributed by atoms with Gasteiger partial charge in [0.15, 0.2) is 0 Å². The zero-order chi connectivity index (χ0) is 24.9. The zero-order valence-electron chi connectivity index (χ0n) is 18.2. The van der Waals surface area contributed by atoms with E-state index in [1.54, 1.807) is 24.3 Å². The van der Waals surface area contributed by atoms with Crippen molar-refractivity contribution in [1.29, 1.82) is 0 Å². The van der Waals surface area contributed by atoms with Gasteiger partial charge in [-0.1, -0.05) is 46.9 Å². The Balaban J connectivity index is 1.89. The summed E-state index contributed by atoms with van der Waals surface area (Å²) < 4.78 is 34.1. The first kappa shape index (κ1) is 26.1. The molecule has 0 atom stereocenters. The molecule has 2 aromatic carbocycles. The minimum atomic E-state index is -4.09. The summed E-state index contributed by atoms with van der Waals surface area (Å²) >= 11 is 17.9. The van der Waals surface area contributed by atoms with Crippen LogP contribution in [-0.2, 0) is 10.0 Å². The Morgan fingerprint density at radius 2 is 1.79 bits per heavy atom. The van der Waals surface area contributed by atoms with Gasteiger partial charge in [-0.2, -0.15) is 0 Å². The van der Waals surface area contributed by atoms with E-state index in [9.17, 15) is 13.2 Å². The van der Waals surface area contributed by atoms with E-state index in [4.69, 9.17) is 39.5 Å².